The lowest BCUT2D eigenvalue weighted by Gasteiger charge is -2.19. The number of esters is 1. The monoisotopic (exact) mass is 230 g/mol. The van der Waals surface area contributed by atoms with Gasteiger partial charge >= 0.3 is 17.9 Å². The molecule has 6 heteroatoms. The molecular formula is C10H14O6. The summed E-state index contributed by atoms with van der Waals surface area (Å²) in [7, 11) is 0. The topological polar surface area (TPSA) is 101 Å². The van der Waals surface area contributed by atoms with E-state index in [0.717, 1.165) is 0 Å². The highest BCUT2D eigenvalue weighted by Gasteiger charge is 2.35. The summed E-state index contributed by atoms with van der Waals surface area (Å²) in [6, 6.07) is 0. The first-order valence-corrected chi connectivity index (χ1v) is 4.63. The average Bonchev–Trinajstić information content (AvgIpc) is 2.16. The van der Waals surface area contributed by atoms with Crippen LogP contribution in [-0.2, 0) is 19.1 Å². The van der Waals surface area contributed by atoms with Gasteiger partial charge in [-0.1, -0.05) is 13.5 Å². The van der Waals surface area contributed by atoms with Gasteiger partial charge in [-0.2, -0.15) is 0 Å². The van der Waals surface area contributed by atoms with Gasteiger partial charge in [0.1, 0.15) is 5.92 Å². The lowest BCUT2D eigenvalue weighted by atomic mass is 9.99. The van der Waals surface area contributed by atoms with Gasteiger partial charge in [0.25, 0.3) is 0 Å². The fourth-order valence-electron chi connectivity index (χ4n) is 1.04. The third-order valence-electron chi connectivity index (χ3n) is 1.95. The lowest BCUT2D eigenvalue weighted by molar-refractivity contribution is -0.170. The Bertz CT molecular complexity index is 319. The molecule has 0 rings (SSSR count). The highest BCUT2D eigenvalue weighted by Crippen LogP contribution is 2.14. The summed E-state index contributed by atoms with van der Waals surface area (Å²) in [6.07, 6.45) is -1.64. The number of carbonyl (C=O) groups excluding carboxylic acids is 1. The molecule has 2 N–H and O–H groups in total. The molecule has 0 aliphatic heterocycles. The smallest absolute Gasteiger partial charge is 0.345 e. The molecule has 90 valence electrons. The van der Waals surface area contributed by atoms with Crippen molar-refractivity contribution in [1.82, 2.24) is 0 Å². The molecule has 0 aromatic rings. The Morgan fingerprint density at radius 2 is 1.75 bits per heavy atom. The molecule has 0 saturated heterocycles. The van der Waals surface area contributed by atoms with Crippen LogP contribution in [0.2, 0.25) is 0 Å². The highest BCUT2D eigenvalue weighted by molar-refractivity contribution is 5.90. The fourth-order valence-corrected chi connectivity index (χ4v) is 1.04. The van der Waals surface area contributed by atoms with E-state index in [-0.39, 0.29) is 12.0 Å². The normalized spacial score (nSPS) is 13.6. The maximum absolute atomic E-state index is 11.1. The lowest BCUT2D eigenvalue weighted by Crippen LogP contribution is -2.38. The largest absolute Gasteiger partial charge is 0.481 e. The standard InChI is InChI=1S/C10H14O6/c1-4-6(8(11)12)7(9(13)14)16-10(15)5(2)3/h6-7H,2,4H2,1,3H3,(H,11,12)(H,13,14). The molecule has 0 spiro atoms. The van der Waals surface area contributed by atoms with Gasteiger partial charge in [0, 0.05) is 5.57 Å². The predicted octanol–water partition coefficient (Wildman–Crippen LogP) is 0.670. The van der Waals surface area contributed by atoms with Crippen molar-refractivity contribution in [3.63, 3.8) is 0 Å². The predicted molar refractivity (Wildman–Crippen MR) is 53.7 cm³/mol. The second-order valence-electron chi connectivity index (χ2n) is 3.30. The molecular weight excluding hydrogens is 216 g/mol. The van der Waals surface area contributed by atoms with Crippen molar-refractivity contribution in [3.05, 3.63) is 12.2 Å². The first kappa shape index (κ1) is 14.2. The third-order valence-corrected chi connectivity index (χ3v) is 1.95. The summed E-state index contributed by atoms with van der Waals surface area (Å²) in [6.45, 7) is 6.14. The van der Waals surface area contributed by atoms with Crippen LogP contribution in [0.4, 0.5) is 0 Å². The molecule has 0 fully saturated rings. The van der Waals surface area contributed by atoms with Gasteiger partial charge in [0.2, 0.25) is 6.10 Å². The van der Waals surface area contributed by atoms with E-state index in [0.29, 0.717) is 0 Å². The van der Waals surface area contributed by atoms with E-state index in [1.54, 1.807) is 0 Å². The summed E-state index contributed by atoms with van der Waals surface area (Å²) in [5.74, 6) is -4.97. The first-order chi connectivity index (χ1) is 7.31. The molecule has 16 heavy (non-hydrogen) atoms. The third kappa shape index (κ3) is 3.72. The molecule has 0 aromatic carbocycles. The van der Waals surface area contributed by atoms with Crippen molar-refractivity contribution in [2.24, 2.45) is 5.92 Å². The summed E-state index contributed by atoms with van der Waals surface area (Å²) in [5.41, 5.74) is 0.0199. The molecule has 0 amide bonds. The molecule has 0 radical (unpaired) electrons. The minimum absolute atomic E-state index is 0.0199. The maximum atomic E-state index is 11.1. The van der Waals surface area contributed by atoms with Crippen molar-refractivity contribution < 1.29 is 29.3 Å². The van der Waals surface area contributed by atoms with Crippen LogP contribution < -0.4 is 0 Å². The summed E-state index contributed by atoms with van der Waals surface area (Å²) in [5, 5.41) is 17.6. The molecule has 0 aliphatic carbocycles. The van der Waals surface area contributed by atoms with Crippen molar-refractivity contribution in [3.8, 4) is 0 Å². The second kappa shape index (κ2) is 5.89. The zero-order chi connectivity index (χ0) is 12.9. The number of carbonyl (C=O) groups is 3. The number of ether oxygens (including phenoxy) is 1. The maximum Gasteiger partial charge on any atom is 0.345 e. The molecule has 6 nitrogen and oxygen atoms in total. The van der Waals surface area contributed by atoms with Gasteiger partial charge in [0.15, 0.2) is 0 Å². The van der Waals surface area contributed by atoms with Crippen LogP contribution in [0.1, 0.15) is 20.3 Å². The van der Waals surface area contributed by atoms with Crippen LogP contribution in [0.25, 0.3) is 0 Å². The minimum Gasteiger partial charge on any atom is -0.481 e. The van der Waals surface area contributed by atoms with E-state index >= 15 is 0 Å². The quantitative estimate of drug-likeness (QED) is 0.513. The number of rotatable bonds is 6. The number of carboxylic acid groups (broad SMARTS) is 2. The highest BCUT2D eigenvalue weighted by atomic mass is 16.6. The summed E-state index contributed by atoms with van der Waals surface area (Å²) >= 11 is 0. The van der Waals surface area contributed by atoms with E-state index in [9.17, 15) is 14.4 Å². The van der Waals surface area contributed by atoms with Crippen LogP contribution in [0, 0.1) is 5.92 Å². The Kier molecular flexibility index (Phi) is 5.21. The van der Waals surface area contributed by atoms with Gasteiger partial charge in [0.05, 0.1) is 0 Å². The summed E-state index contributed by atoms with van der Waals surface area (Å²) in [4.78, 5) is 32.7. The van der Waals surface area contributed by atoms with Crippen LogP contribution >= 0.6 is 0 Å². The molecule has 0 aromatic heterocycles. The van der Waals surface area contributed by atoms with Gasteiger partial charge in [-0.3, -0.25) is 4.79 Å². The van der Waals surface area contributed by atoms with Crippen molar-refractivity contribution in [2.45, 2.75) is 26.4 Å². The van der Waals surface area contributed by atoms with Crippen LogP contribution in [0.15, 0.2) is 12.2 Å². The van der Waals surface area contributed by atoms with E-state index in [1.165, 1.54) is 13.8 Å². The molecule has 2 atom stereocenters. The van der Waals surface area contributed by atoms with Gasteiger partial charge in [-0.25, -0.2) is 9.59 Å². The zero-order valence-electron chi connectivity index (χ0n) is 9.10. The van der Waals surface area contributed by atoms with Crippen LogP contribution in [0.3, 0.4) is 0 Å². The molecule has 0 bridgehead atoms. The number of aliphatic carboxylic acids is 2. The minimum atomic E-state index is -1.69. The summed E-state index contributed by atoms with van der Waals surface area (Å²) < 4.78 is 4.57. The van der Waals surface area contributed by atoms with Gasteiger partial charge < -0.3 is 14.9 Å². The molecule has 0 aliphatic rings. The second-order valence-corrected chi connectivity index (χ2v) is 3.30. The number of carboxylic acids is 2. The van der Waals surface area contributed by atoms with E-state index < -0.39 is 29.9 Å². The van der Waals surface area contributed by atoms with E-state index in [2.05, 4.69) is 11.3 Å². The fraction of sp³-hybridized carbons (Fsp3) is 0.500. The van der Waals surface area contributed by atoms with Crippen molar-refractivity contribution in [2.75, 3.05) is 0 Å². The average molecular weight is 230 g/mol. The van der Waals surface area contributed by atoms with E-state index in [4.69, 9.17) is 10.2 Å². The molecule has 0 saturated carbocycles. The van der Waals surface area contributed by atoms with Crippen molar-refractivity contribution >= 4 is 17.9 Å². The van der Waals surface area contributed by atoms with Crippen molar-refractivity contribution in [1.29, 1.82) is 0 Å². The van der Waals surface area contributed by atoms with E-state index in [1.807, 2.05) is 0 Å². The molecule has 2 unspecified atom stereocenters. The number of hydrogen-bond donors (Lipinski definition) is 2. The van der Waals surface area contributed by atoms with Crippen LogP contribution in [0.5, 0.6) is 0 Å². The molecule has 0 heterocycles. The number of hydrogen-bond acceptors (Lipinski definition) is 4. The Hall–Kier alpha value is -1.85. The zero-order valence-corrected chi connectivity index (χ0v) is 9.10. The van der Waals surface area contributed by atoms with Gasteiger partial charge in [-0.05, 0) is 13.3 Å². The van der Waals surface area contributed by atoms with Crippen LogP contribution in [-0.4, -0.2) is 34.2 Å². The Balaban J connectivity index is 4.86. The first-order valence-electron chi connectivity index (χ1n) is 4.63. The van der Waals surface area contributed by atoms with Gasteiger partial charge in [-0.15, -0.1) is 0 Å². The Labute approximate surface area is 92.5 Å². The SMILES string of the molecule is C=C(C)C(=O)OC(C(=O)O)C(CC)C(=O)O. The Morgan fingerprint density at radius 3 is 2.00 bits per heavy atom. The Morgan fingerprint density at radius 1 is 1.25 bits per heavy atom.